The molecule has 0 aliphatic rings. The first-order chi connectivity index (χ1) is 8.36. The molecular weight excluding hydrogens is 220 g/mol. The van der Waals surface area contributed by atoms with E-state index < -0.39 is 0 Å². The lowest BCUT2D eigenvalue weighted by Crippen LogP contribution is -2.12. The molecule has 0 spiro atoms. The molecule has 0 aromatic heterocycles. The van der Waals surface area contributed by atoms with Crippen LogP contribution in [0.4, 0.5) is 0 Å². The van der Waals surface area contributed by atoms with E-state index in [9.17, 15) is 4.79 Å². The highest BCUT2D eigenvalue weighted by Gasteiger charge is 1.96. The van der Waals surface area contributed by atoms with Crippen molar-refractivity contribution >= 4 is 6.41 Å². The largest absolute Gasteiger partial charge is 0.492 e. The Bertz CT molecular complexity index is 314. The fourth-order valence-corrected chi connectivity index (χ4v) is 1.37. The van der Waals surface area contributed by atoms with E-state index in [2.05, 4.69) is 5.48 Å². The number of carbonyl (C=O) groups is 1. The van der Waals surface area contributed by atoms with Gasteiger partial charge in [-0.2, -0.15) is 0 Å². The Morgan fingerprint density at radius 3 is 2.65 bits per heavy atom. The zero-order valence-electron chi connectivity index (χ0n) is 9.72. The Labute approximate surface area is 101 Å². The molecule has 0 aliphatic heterocycles. The van der Waals surface area contributed by atoms with Gasteiger partial charge in [0.25, 0.3) is 0 Å². The fourth-order valence-electron chi connectivity index (χ4n) is 1.37. The van der Waals surface area contributed by atoms with E-state index in [-0.39, 0.29) is 0 Å². The van der Waals surface area contributed by atoms with E-state index in [0.717, 1.165) is 18.6 Å². The number of nitrogens with two attached hydrogens (primary N) is 1. The summed E-state index contributed by atoms with van der Waals surface area (Å²) < 4.78 is 5.37. The number of amides is 1. The van der Waals surface area contributed by atoms with Gasteiger partial charge < -0.3 is 10.5 Å². The molecule has 0 fully saturated rings. The second kappa shape index (κ2) is 8.55. The maximum Gasteiger partial charge on any atom is 0.230 e. The van der Waals surface area contributed by atoms with Crippen molar-refractivity contribution in [2.24, 2.45) is 5.73 Å². The van der Waals surface area contributed by atoms with Crippen LogP contribution in [-0.2, 0) is 16.1 Å². The van der Waals surface area contributed by atoms with Gasteiger partial charge in [-0.3, -0.25) is 9.63 Å². The summed E-state index contributed by atoms with van der Waals surface area (Å²) in [4.78, 5) is 14.7. The van der Waals surface area contributed by atoms with E-state index in [4.69, 9.17) is 15.3 Å². The van der Waals surface area contributed by atoms with Crippen LogP contribution in [0.5, 0.6) is 5.75 Å². The Morgan fingerprint density at radius 2 is 2.00 bits per heavy atom. The van der Waals surface area contributed by atoms with Gasteiger partial charge in [0.05, 0.1) is 6.61 Å². The molecule has 1 aromatic rings. The second-order valence-corrected chi connectivity index (χ2v) is 3.47. The molecule has 0 bridgehead atoms. The molecule has 1 aromatic carbocycles. The number of ether oxygens (including phenoxy) is 1. The van der Waals surface area contributed by atoms with Gasteiger partial charge >= 0.3 is 0 Å². The zero-order valence-corrected chi connectivity index (χ0v) is 9.72. The van der Waals surface area contributed by atoms with Crippen molar-refractivity contribution in [1.29, 1.82) is 0 Å². The standard InChI is InChI=1S/C12H18N2O3/c13-7-9-16-12-5-3-11(4-6-12)2-1-8-17-14-10-15/h3-6,10H,1-2,7-9,13H2,(H,14,15). The molecule has 0 aliphatic carbocycles. The number of rotatable bonds is 9. The van der Waals surface area contributed by atoms with Crippen LogP contribution < -0.4 is 16.0 Å². The predicted molar refractivity (Wildman–Crippen MR) is 64.5 cm³/mol. The van der Waals surface area contributed by atoms with Gasteiger partial charge in [0, 0.05) is 6.54 Å². The molecule has 0 saturated carbocycles. The highest BCUT2D eigenvalue weighted by atomic mass is 16.6. The third kappa shape index (κ3) is 5.89. The summed E-state index contributed by atoms with van der Waals surface area (Å²) in [7, 11) is 0. The molecule has 17 heavy (non-hydrogen) atoms. The van der Waals surface area contributed by atoms with Crippen LogP contribution in [0.25, 0.3) is 0 Å². The van der Waals surface area contributed by atoms with E-state index in [1.165, 1.54) is 5.56 Å². The first-order valence-electron chi connectivity index (χ1n) is 5.59. The lowest BCUT2D eigenvalue weighted by Gasteiger charge is -2.06. The Balaban J connectivity index is 2.23. The van der Waals surface area contributed by atoms with Crippen LogP contribution in [-0.4, -0.2) is 26.2 Å². The smallest absolute Gasteiger partial charge is 0.230 e. The number of carbonyl (C=O) groups excluding carboxylic acids is 1. The summed E-state index contributed by atoms with van der Waals surface area (Å²) in [6, 6.07) is 7.88. The third-order valence-corrected chi connectivity index (χ3v) is 2.15. The summed E-state index contributed by atoms with van der Waals surface area (Å²) >= 11 is 0. The minimum Gasteiger partial charge on any atom is -0.492 e. The van der Waals surface area contributed by atoms with Gasteiger partial charge in [0.15, 0.2) is 0 Å². The summed E-state index contributed by atoms with van der Waals surface area (Å²) in [6.45, 7) is 1.55. The van der Waals surface area contributed by atoms with Crippen molar-refractivity contribution in [1.82, 2.24) is 5.48 Å². The first kappa shape index (κ1) is 13.5. The average Bonchev–Trinajstić information content (AvgIpc) is 2.37. The monoisotopic (exact) mass is 238 g/mol. The zero-order chi connectivity index (χ0) is 12.3. The normalized spacial score (nSPS) is 9.94. The quantitative estimate of drug-likeness (QED) is 0.376. The maximum atomic E-state index is 9.90. The van der Waals surface area contributed by atoms with Crippen LogP contribution in [0.1, 0.15) is 12.0 Å². The lowest BCUT2D eigenvalue weighted by molar-refractivity contribution is -0.120. The number of hydroxylamine groups is 1. The summed E-state index contributed by atoms with van der Waals surface area (Å²) in [5, 5.41) is 0. The predicted octanol–water partition coefficient (Wildman–Crippen LogP) is 0.634. The van der Waals surface area contributed by atoms with E-state index >= 15 is 0 Å². The molecule has 5 heteroatoms. The SMILES string of the molecule is NCCOc1ccc(CCCONC=O)cc1. The van der Waals surface area contributed by atoms with Gasteiger partial charge in [-0.05, 0) is 30.5 Å². The molecule has 0 unspecified atom stereocenters. The summed E-state index contributed by atoms with van der Waals surface area (Å²) in [6.07, 6.45) is 2.27. The van der Waals surface area contributed by atoms with Gasteiger partial charge in [0.2, 0.25) is 6.41 Å². The van der Waals surface area contributed by atoms with Gasteiger partial charge in [0.1, 0.15) is 12.4 Å². The number of benzene rings is 1. The maximum absolute atomic E-state index is 9.90. The van der Waals surface area contributed by atoms with Crippen LogP contribution in [0, 0.1) is 0 Å². The van der Waals surface area contributed by atoms with Gasteiger partial charge in [-0.15, -0.1) is 0 Å². The minimum atomic E-state index is 0.504. The van der Waals surface area contributed by atoms with Crippen molar-refractivity contribution in [3.8, 4) is 5.75 Å². The molecule has 1 amide bonds. The van der Waals surface area contributed by atoms with Gasteiger partial charge in [-0.1, -0.05) is 12.1 Å². The molecule has 3 N–H and O–H groups in total. The second-order valence-electron chi connectivity index (χ2n) is 3.47. The van der Waals surface area contributed by atoms with Crippen molar-refractivity contribution in [2.45, 2.75) is 12.8 Å². The van der Waals surface area contributed by atoms with E-state index in [1.807, 2.05) is 24.3 Å². The highest BCUT2D eigenvalue weighted by Crippen LogP contribution is 2.13. The number of aryl methyl sites for hydroxylation is 1. The van der Waals surface area contributed by atoms with Crippen LogP contribution in [0.3, 0.4) is 0 Å². The van der Waals surface area contributed by atoms with Crippen LogP contribution in [0.2, 0.25) is 0 Å². The van der Waals surface area contributed by atoms with E-state index in [0.29, 0.717) is 26.2 Å². The average molecular weight is 238 g/mol. The highest BCUT2D eigenvalue weighted by molar-refractivity contribution is 5.43. The third-order valence-electron chi connectivity index (χ3n) is 2.15. The minimum absolute atomic E-state index is 0.504. The lowest BCUT2D eigenvalue weighted by atomic mass is 10.1. The molecular formula is C12H18N2O3. The Kier molecular flexibility index (Phi) is 6.78. The number of hydrogen-bond acceptors (Lipinski definition) is 4. The topological polar surface area (TPSA) is 73.6 Å². The van der Waals surface area contributed by atoms with E-state index in [1.54, 1.807) is 0 Å². The van der Waals surface area contributed by atoms with Crippen molar-refractivity contribution < 1.29 is 14.4 Å². The molecule has 0 radical (unpaired) electrons. The molecule has 5 nitrogen and oxygen atoms in total. The summed E-state index contributed by atoms with van der Waals surface area (Å²) in [5.74, 6) is 0.832. The van der Waals surface area contributed by atoms with Crippen molar-refractivity contribution in [2.75, 3.05) is 19.8 Å². The molecule has 1 rings (SSSR count). The Morgan fingerprint density at radius 1 is 1.24 bits per heavy atom. The molecule has 0 heterocycles. The van der Waals surface area contributed by atoms with Crippen LogP contribution in [0.15, 0.2) is 24.3 Å². The van der Waals surface area contributed by atoms with Gasteiger partial charge in [-0.25, -0.2) is 5.48 Å². The molecule has 0 saturated heterocycles. The van der Waals surface area contributed by atoms with Crippen molar-refractivity contribution in [3.63, 3.8) is 0 Å². The van der Waals surface area contributed by atoms with Crippen LogP contribution >= 0.6 is 0 Å². The fraction of sp³-hybridized carbons (Fsp3) is 0.417. The first-order valence-corrected chi connectivity index (χ1v) is 5.59. The number of hydrogen-bond donors (Lipinski definition) is 2. The number of nitrogens with one attached hydrogen (secondary N) is 1. The molecule has 0 atom stereocenters. The van der Waals surface area contributed by atoms with Crippen molar-refractivity contribution in [3.05, 3.63) is 29.8 Å². The Hall–Kier alpha value is -1.59. The molecule has 94 valence electrons. The summed E-state index contributed by atoms with van der Waals surface area (Å²) in [5.41, 5.74) is 8.70.